The molecule has 102 valence electrons. The normalized spacial score (nSPS) is 10.6. The second-order valence-corrected chi connectivity index (χ2v) is 3.97. The van der Waals surface area contributed by atoms with Gasteiger partial charge in [0, 0.05) is 32.3 Å². The Bertz CT molecular complexity index is 575. The van der Waals surface area contributed by atoms with Crippen molar-refractivity contribution in [2.24, 2.45) is 7.05 Å². The average molecular weight is 265 g/mol. The van der Waals surface area contributed by atoms with Gasteiger partial charge in [0.25, 0.3) is 5.91 Å². The van der Waals surface area contributed by atoms with Crippen LogP contribution < -0.4 is 11.1 Å². The lowest BCUT2D eigenvalue weighted by Gasteiger charge is -2.02. The molecule has 19 heavy (non-hydrogen) atoms. The Balaban J connectivity index is 1.95. The van der Waals surface area contributed by atoms with E-state index in [0.717, 1.165) is 5.56 Å². The molecule has 2 heterocycles. The third-order valence-electron chi connectivity index (χ3n) is 2.58. The van der Waals surface area contributed by atoms with Crippen LogP contribution in [0.4, 0.5) is 5.82 Å². The van der Waals surface area contributed by atoms with Crippen molar-refractivity contribution >= 4 is 11.7 Å². The predicted molar refractivity (Wildman–Crippen MR) is 66.0 cm³/mol. The van der Waals surface area contributed by atoms with Gasteiger partial charge in [-0.3, -0.25) is 9.48 Å². The van der Waals surface area contributed by atoms with Gasteiger partial charge < -0.3 is 20.3 Å². The molecule has 0 saturated heterocycles. The van der Waals surface area contributed by atoms with E-state index in [9.17, 15) is 4.79 Å². The smallest absolute Gasteiger partial charge is 0.273 e. The summed E-state index contributed by atoms with van der Waals surface area (Å²) in [5, 5.41) is 10.3. The maximum Gasteiger partial charge on any atom is 0.273 e. The van der Waals surface area contributed by atoms with Crippen LogP contribution in [0.15, 0.2) is 16.8 Å². The first kappa shape index (κ1) is 13.1. The minimum atomic E-state index is -0.339. The fourth-order valence-corrected chi connectivity index (χ4v) is 1.53. The molecule has 0 aliphatic rings. The van der Waals surface area contributed by atoms with Crippen LogP contribution in [-0.4, -0.2) is 28.0 Å². The summed E-state index contributed by atoms with van der Waals surface area (Å²) < 4.78 is 11.3. The first-order valence-electron chi connectivity index (χ1n) is 5.61. The van der Waals surface area contributed by atoms with Gasteiger partial charge in [0.05, 0.1) is 6.20 Å². The number of hydrogen-bond donors (Lipinski definition) is 2. The summed E-state index contributed by atoms with van der Waals surface area (Å²) in [6, 6.07) is 1.53. The van der Waals surface area contributed by atoms with E-state index in [-0.39, 0.29) is 24.8 Å². The lowest BCUT2D eigenvalue weighted by molar-refractivity contribution is 0.0941. The highest BCUT2D eigenvalue weighted by atomic mass is 16.5. The molecule has 8 heteroatoms. The standard InChI is InChI=1S/C11H15N5O3/c1-16-10(12)7(5-14-16)4-13-11(17)9-3-8(6-18-2)19-15-9/h3,5H,4,6,12H2,1-2H3,(H,13,17). The molecule has 0 saturated carbocycles. The first-order chi connectivity index (χ1) is 9.11. The third-order valence-corrected chi connectivity index (χ3v) is 2.58. The molecule has 0 radical (unpaired) electrons. The minimum absolute atomic E-state index is 0.203. The quantitative estimate of drug-likeness (QED) is 0.791. The van der Waals surface area contributed by atoms with E-state index in [1.54, 1.807) is 13.2 Å². The van der Waals surface area contributed by atoms with E-state index < -0.39 is 0 Å². The SMILES string of the molecule is COCc1cc(C(=O)NCc2cnn(C)c2N)no1. The molecular weight excluding hydrogens is 250 g/mol. The maximum atomic E-state index is 11.8. The molecule has 0 unspecified atom stereocenters. The molecule has 2 aromatic heterocycles. The molecule has 3 N–H and O–H groups in total. The number of anilines is 1. The second kappa shape index (κ2) is 5.53. The number of aryl methyl sites for hydroxylation is 1. The van der Waals surface area contributed by atoms with Gasteiger partial charge in [-0.25, -0.2) is 0 Å². The highest BCUT2D eigenvalue weighted by molar-refractivity contribution is 5.92. The van der Waals surface area contributed by atoms with Crippen molar-refractivity contribution in [3.05, 3.63) is 29.3 Å². The van der Waals surface area contributed by atoms with E-state index in [2.05, 4.69) is 15.6 Å². The highest BCUT2D eigenvalue weighted by Crippen LogP contribution is 2.09. The number of rotatable bonds is 5. The highest BCUT2D eigenvalue weighted by Gasteiger charge is 2.13. The predicted octanol–water partition coefficient (Wildman–Crippen LogP) is 0.0667. The van der Waals surface area contributed by atoms with E-state index in [1.165, 1.54) is 17.9 Å². The van der Waals surface area contributed by atoms with Gasteiger partial charge in [0.1, 0.15) is 12.4 Å². The molecule has 0 spiro atoms. The summed E-state index contributed by atoms with van der Waals surface area (Å²) in [4.78, 5) is 11.8. The second-order valence-electron chi connectivity index (χ2n) is 3.97. The number of ether oxygens (including phenoxy) is 1. The van der Waals surface area contributed by atoms with E-state index >= 15 is 0 Å². The van der Waals surface area contributed by atoms with E-state index in [0.29, 0.717) is 11.6 Å². The first-order valence-corrected chi connectivity index (χ1v) is 5.61. The number of nitrogen functional groups attached to an aromatic ring is 1. The molecule has 0 aliphatic heterocycles. The van der Waals surface area contributed by atoms with Crippen LogP contribution in [0, 0.1) is 0 Å². The number of nitrogens with zero attached hydrogens (tertiary/aromatic N) is 3. The zero-order valence-corrected chi connectivity index (χ0v) is 10.7. The van der Waals surface area contributed by atoms with Crippen LogP contribution in [0.1, 0.15) is 21.8 Å². The molecule has 1 amide bonds. The van der Waals surface area contributed by atoms with E-state index in [1.807, 2.05) is 0 Å². The lowest BCUT2D eigenvalue weighted by Crippen LogP contribution is -2.23. The topological polar surface area (TPSA) is 108 Å². The molecule has 0 atom stereocenters. The molecule has 0 fully saturated rings. The van der Waals surface area contributed by atoms with E-state index in [4.69, 9.17) is 15.0 Å². The molecule has 2 rings (SSSR count). The monoisotopic (exact) mass is 265 g/mol. The van der Waals surface area contributed by atoms with Crippen LogP contribution >= 0.6 is 0 Å². The van der Waals surface area contributed by atoms with Crippen LogP contribution in [-0.2, 0) is 24.9 Å². The Kier molecular flexibility index (Phi) is 3.81. The fraction of sp³-hybridized carbons (Fsp3) is 0.364. The Hall–Kier alpha value is -2.35. The van der Waals surface area contributed by atoms with Crippen molar-refractivity contribution in [2.45, 2.75) is 13.2 Å². The van der Waals surface area contributed by atoms with Crippen molar-refractivity contribution in [3.8, 4) is 0 Å². The number of carbonyl (C=O) groups is 1. The van der Waals surface area contributed by atoms with Crippen LogP contribution in [0.5, 0.6) is 0 Å². The number of nitrogens with two attached hydrogens (primary N) is 1. The maximum absolute atomic E-state index is 11.8. The summed E-state index contributed by atoms with van der Waals surface area (Å²) in [6.07, 6.45) is 1.61. The zero-order chi connectivity index (χ0) is 13.8. The molecule has 0 aromatic carbocycles. The number of hydrogen-bond acceptors (Lipinski definition) is 6. The summed E-state index contributed by atoms with van der Waals surface area (Å²) in [6.45, 7) is 0.556. The number of methoxy groups -OCH3 is 1. The molecule has 0 aliphatic carbocycles. The summed E-state index contributed by atoms with van der Waals surface area (Å²) in [5.41, 5.74) is 6.72. The molecule has 8 nitrogen and oxygen atoms in total. The molecule has 0 bridgehead atoms. The average Bonchev–Trinajstić information content (AvgIpc) is 2.97. The van der Waals surface area contributed by atoms with Gasteiger partial charge in [-0.05, 0) is 0 Å². The summed E-state index contributed by atoms with van der Waals surface area (Å²) in [7, 11) is 3.27. The Morgan fingerprint density at radius 2 is 2.42 bits per heavy atom. The fourth-order valence-electron chi connectivity index (χ4n) is 1.53. The van der Waals surface area contributed by atoms with Crippen LogP contribution in [0.3, 0.4) is 0 Å². The van der Waals surface area contributed by atoms with Gasteiger partial charge >= 0.3 is 0 Å². The van der Waals surface area contributed by atoms with Crippen LogP contribution in [0.2, 0.25) is 0 Å². The zero-order valence-electron chi connectivity index (χ0n) is 10.7. The number of nitrogens with one attached hydrogen (secondary N) is 1. The van der Waals surface area contributed by atoms with Crippen molar-refractivity contribution < 1.29 is 14.1 Å². The summed E-state index contributed by atoms with van der Waals surface area (Å²) in [5.74, 6) is 0.670. The third kappa shape index (κ3) is 2.91. The van der Waals surface area contributed by atoms with Crippen molar-refractivity contribution in [3.63, 3.8) is 0 Å². The Labute approximate surface area is 109 Å². The Morgan fingerprint density at radius 3 is 3.05 bits per heavy atom. The van der Waals surface area contributed by atoms with Gasteiger partial charge in [0.2, 0.25) is 0 Å². The molecular formula is C11H15N5O3. The minimum Gasteiger partial charge on any atom is -0.384 e. The number of amides is 1. The van der Waals surface area contributed by atoms with Gasteiger partial charge in [0.15, 0.2) is 11.5 Å². The van der Waals surface area contributed by atoms with Crippen molar-refractivity contribution in [1.82, 2.24) is 20.3 Å². The van der Waals surface area contributed by atoms with Crippen LogP contribution in [0.25, 0.3) is 0 Å². The van der Waals surface area contributed by atoms with Gasteiger partial charge in [-0.15, -0.1) is 0 Å². The van der Waals surface area contributed by atoms with Crippen molar-refractivity contribution in [2.75, 3.05) is 12.8 Å². The van der Waals surface area contributed by atoms with Gasteiger partial charge in [-0.1, -0.05) is 5.16 Å². The number of aromatic nitrogens is 3. The van der Waals surface area contributed by atoms with Crippen molar-refractivity contribution in [1.29, 1.82) is 0 Å². The Morgan fingerprint density at radius 1 is 1.63 bits per heavy atom. The molecule has 2 aromatic rings. The summed E-state index contributed by atoms with van der Waals surface area (Å²) >= 11 is 0. The van der Waals surface area contributed by atoms with Gasteiger partial charge in [-0.2, -0.15) is 5.10 Å². The largest absolute Gasteiger partial charge is 0.384 e. The number of carbonyl (C=O) groups excluding carboxylic acids is 1. The lowest BCUT2D eigenvalue weighted by atomic mass is 10.3.